The van der Waals surface area contributed by atoms with Gasteiger partial charge in [0.2, 0.25) is 0 Å². The van der Waals surface area contributed by atoms with Crippen LogP contribution in [0, 0.1) is 0 Å². The average molecular weight is 419 g/mol. The first-order valence-electron chi connectivity index (χ1n) is 9.87. The number of aromatic nitrogens is 1. The Morgan fingerprint density at radius 1 is 1.00 bits per heavy atom. The fourth-order valence-electron chi connectivity index (χ4n) is 3.40. The molecule has 0 bridgehead atoms. The predicted molar refractivity (Wildman–Crippen MR) is 120 cm³/mol. The molecular formula is C24H22N2O3S. The highest BCUT2D eigenvalue weighted by molar-refractivity contribution is 7.17. The van der Waals surface area contributed by atoms with Crippen LogP contribution in [0.5, 0.6) is 0 Å². The lowest BCUT2D eigenvalue weighted by molar-refractivity contribution is 0.0990. The van der Waals surface area contributed by atoms with Crippen LogP contribution in [-0.4, -0.2) is 29.5 Å². The predicted octanol–water partition coefficient (Wildman–Crippen LogP) is 4.84. The molecule has 3 aromatic carbocycles. The van der Waals surface area contributed by atoms with E-state index in [1.54, 1.807) is 24.3 Å². The van der Waals surface area contributed by atoms with E-state index in [4.69, 9.17) is 4.74 Å². The van der Waals surface area contributed by atoms with Crippen LogP contribution in [0.3, 0.4) is 0 Å². The van der Waals surface area contributed by atoms with Crippen molar-refractivity contribution in [1.82, 2.24) is 4.57 Å². The maximum atomic E-state index is 12.8. The summed E-state index contributed by atoms with van der Waals surface area (Å²) in [6.07, 6.45) is 0. The number of ketones is 1. The molecule has 0 spiro atoms. The maximum Gasteiger partial charge on any atom is 0.279 e. The van der Waals surface area contributed by atoms with E-state index in [2.05, 4.69) is 29.3 Å². The number of nitrogens with zero attached hydrogens (tertiary/aromatic N) is 2. The minimum Gasteiger partial charge on any atom is -0.380 e. The number of amides is 1. The third kappa shape index (κ3) is 3.97. The number of carbonyl (C=O) groups is 2. The molecule has 152 valence electrons. The summed E-state index contributed by atoms with van der Waals surface area (Å²) in [6.45, 7) is 5.26. The van der Waals surface area contributed by atoms with Crippen LogP contribution >= 0.6 is 11.3 Å². The van der Waals surface area contributed by atoms with Gasteiger partial charge in [-0.15, -0.1) is 0 Å². The van der Waals surface area contributed by atoms with Gasteiger partial charge in [-0.2, -0.15) is 4.99 Å². The highest BCUT2D eigenvalue weighted by Crippen LogP contribution is 2.27. The van der Waals surface area contributed by atoms with Gasteiger partial charge in [-0.3, -0.25) is 9.59 Å². The SMILES string of the molecule is CCOCCn1c(=NC(=O)c2ccc(C(C)=O)cc2)sc2c3ccccc3ccc21. The lowest BCUT2D eigenvalue weighted by atomic mass is 10.1. The number of hydrogen-bond acceptors (Lipinski definition) is 4. The van der Waals surface area contributed by atoms with Gasteiger partial charge in [0.15, 0.2) is 10.6 Å². The molecule has 30 heavy (non-hydrogen) atoms. The molecule has 0 N–H and O–H groups in total. The molecule has 0 unspecified atom stereocenters. The van der Waals surface area contributed by atoms with Gasteiger partial charge in [-0.1, -0.05) is 53.8 Å². The zero-order chi connectivity index (χ0) is 21.1. The third-order valence-electron chi connectivity index (χ3n) is 4.97. The van der Waals surface area contributed by atoms with Gasteiger partial charge < -0.3 is 9.30 Å². The van der Waals surface area contributed by atoms with E-state index in [9.17, 15) is 9.59 Å². The summed E-state index contributed by atoms with van der Waals surface area (Å²) in [7, 11) is 0. The minimum atomic E-state index is -0.328. The van der Waals surface area contributed by atoms with Crippen LogP contribution in [0.2, 0.25) is 0 Å². The summed E-state index contributed by atoms with van der Waals surface area (Å²) in [5.41, 5.74) is 2.07. The minimum absolute atomic E-state index is 0.0314. The van der Waals surface area contributed by atoms with Crippen LogP contribution < -0.4 is 4.80 Å². The molecular weight excluding hydrogens is 396 g/mol. The molecule has 0 atom stereocenters. The van der Waals surface area contributed by atoms with Gasteiger partial charge >= 0.3 is 0 Å². The second-order valence-corrected chi connectivity index (χ2v) is 7.90. The Labute approximate surface area is 178 Å². The van der Waals surface area contributed by atoms with Gasteiger partial charge in [0.25, 0.3) is 5.91 Å². The number of carbonyl (C=O) groups excluding carboxylic acids is 2. The van der Waals surface area contributed by atoms with Crippen molar-refractivity contribution >= 4 is 44.0 Å². The molecule has 6 heteroatoms. The van der Waals surface area contributed by atoms with E-state index in [0.29, 0.717) is 35.7 Å². The van der Waals surface area contributed by atoms with E-state index >= 15 is 0 Å². The number of Topliss-reactive ketones (excluding diaryl/α,β-unsaturated/α-hetero) is 1. The molecule has 4 rings (SSSR count). The molecule has 0 fully saturated rings. The first kappa shape index (κ1) is 20.2. The number of ether oxygens (including phenoxy) is 1. The number of rotatable bonds is 6. The summed E-state index contributed by atoms with van der Waals surface area (Å²) in [5.74, 6) is -0.359. The van der Waals surface area contributed by atoms with Crippen molar-refractivity contribution < 1.29 is 14.3 Å². The van der Waals surface area contributed by atoms with Crippen molar-refractivity contribution in [1.29, 1.82) is 0 Å². The van der Waals surface area contributed by atoms with Crippen molar-refractivity contribution in [3.8, 4) is 0 Å². The third-order valence-corrected chi connectivity index (χ3v) is 6.10. The Balaban J connectivity index is 1.82. The van der Waals surface area contributed by atoms with E-state index in [1.807, 2.05) is 23.6 Å². The fraction of sp³-hybridized carbons (Fsp3) is 0.208. The molecule has 0 radical (unpaired) electrons. The highest BCUT2D eigenvalue weighted by atomic mass is 32.1. The maximum absolute atomic E-state index is 12.8. The summed E-state index contributed by atoms with van der Waals surface area (Å²) in [4.78, 5) is 29.4. The topological polar surface area (TPSA) is 60.7 Å². The standard InChI is InChI=1S/C24H22N2O3S/c1-3-29-15-14-26-21-13-12-18-6-4-5-7-20(18)22(21)30-24(26)25-23(28)19-10-8-17(9-11-19)16(2)27/h4-13H,3,14-15H2,1-2H3. The quantitative estimate of drug-likeness (QED) is 0.333. The number of benzene rings is 3. The molecule has 0 aliphatic rings. The number of hydrogen-bond donors (Lipinski definition) is 0. The lowest BCUT2D eigenvalue weighted by Crippen LogP contribution is -2.19. The molecule has 1 amide bonds. The second kappa shape index (κ2) is 8.73. The van der Waals surface area contributed by atoms with Crippen molar-refractivity contribution in [3.63, 3.8) is 0 Å². The van der Waals surface area contributed by atoms with Crippen LogP contribution in [0.4, 0.5) is 0 Å². The molecule has 0 aliphatic carbocycles. The monoisotopic (exact) mass is 418 g/mol. The first-order chi connectivity index (χ1) is 14.6. The smallest absolute Gasteiger partial charge is 0.279 e. The van der Waals surface area contributed by atoms with Crippen molar-refractivity contribution in [2.45, 2.75) is 20.4 Å². The van der Waals surface area contributed by atoms with Crippen LogP contribution in [0.25, 0.3) is 21.0 Å². The first-order valence-corrected chi connectivity index (χ1v) is 10.7. The molecule has 1 heterocycles. The summed E-state index contributed by atoms with van der Waals surface area (Å²) in [6, 6.07) is 19.0. The Bertz CT molecular complexity index is 1300. The number of thiazole rings is 1. The van der Waals surface area contributed by atoms with E-state index in [-0.39, 0.29) is 11.7 Å². The van der Waals surface area contributed by atoms with Crippen LogP contribution in [0.15, 0.2) is 65.7 Å². The molecule has 0 aliphatic heterocycles. The molecule has 5 nitrogen and oxygen atoms in total. The largest absolute Gasteiger partial charge is 0.380 e. The van der Waals surface area contributed by atoms with Gasteiger partial charge in [-0.05, 0) is 37.4 Å². The average Bonchev–Trinajstić information content (AvgIpc) is 3.11. The lowest BCUT2D eigenvalue weighted by Gasteiger charge is -2.06. The summed E-state index contributed by atoms with van der Waals surface area (Å²) < 4.78 is 8.69. The van der Waals surface area contributed by atoms with Crippen molar-refractivity contribution in [2.24, 2.45) is 4.99 Å². The fourth-order valence-corrected chi connectivity index (χ4v) is 4.59. The zero-order valence-corrected chi connectivity index (χ0v) is 17.7. The van der Waals surface area contributed by atoms with Gasteiger partial charge in [0.1, 0.15) is 0 Å². The molecule has 0 saturated heterocycles. The second-order valence-electron chi connectivity index (χ2n) is 6.92. The van der Waals surface area contributed by atoms with E-state index in [1.165, 1.54) is 18.3 Å². The molecule has 0 saturated carbocycles. The summed E-state index contributed by atoms with van der Waals surface area (Å²) in [5, 5.41) is 2.30. The van der Waals surface area contributed by atoms with Crippen molar-refractivity contribution in [2.75, 3.05) is 13.2 Å². The molecule has 1 aromatic heterocycles. The van der Waals surface area contributed by atoms with Crippen LogP contribution in [0.1, 0.15) is 34.6 Å². The van der Waals surface area contributed by atoms with Gasteiger partial charge in [0, 0.05) is 29.7 Å². The Kier molecular flexibility index (Phi) is 5.88. The molecule has 4 aromatic rings. The Hall–Kier alpha value is -3.09. The van der Waals surface area contributed by atoms with E-state index < -0.39 is 0 Å². The number of fused-ring (bicyclic) bond motifs is 3. The van der Waals surface area contributed by atoms with Crippen molar-refractivity contribution in [3.05, 3.63) is 76.6 Å². The summed E-state index contributed by atoms with van der Waals surface area (Å²) >= 11 is 1.51. The normalized spacial score (nSPS) is 12.0. The highest BCUT2D eigenvalue weighted by Gasteiger charge is 2.12. The van der Waals surface area contributed by atoms with Gasteiger partial charge in [-0.25, -0.2) is 0 Å². The Morgan fingerprint density at radius 3 is 2.47 bits per heavy atom. The van der Waals surface area contributed by atoms with Gasteiger partial charge in [0.05, 0.1) is 16.8 Å². The zero-order valence-electron chi connectivity index (χ0n) is 16.9. The van der Waals surface area contributed by atoms with Crippen LogP contribution in [-0.2, 0) is 11.3 Å². The van der Waals surface area contributed by atoms with E-state index in [0.717, 1.165) is 21.0 Å². The Morgan fingerprint density at radius 2 is 1.73 bits per heavy atom.